The van der Waals surface area contributed by atoms with Gasteiger partial charge in [-0.1, -0.05) is 32.6 Å². The molecule has 13 heteroatoms. The van der Waals surface area contributed by atoms with E-state index in [2.05, 4.69) is 12.2 Å². The van der Waals surface area contributed by atoms with E-state index in [1.165, 1.54) is 37.8 Å². The Labute approximate surface area is 224 Å². The van der Waals surface area contributed by atoms with Crippen LogP contribution in [0.2, 0.25) is 0 Å². The van der Waals surface area contributed by atoms with Gasteiger partial charge in [-0.25, -0.2) is 0 Å². The number of nitrogens with zero attached hydrogens (tertiary/aromatic N) is 2. The molecule has 0 atom stereocenters. The number of unbranched alkanes of at least 4 members (excludes halogenated alkanes) is 4. The third-order valence-corrected chi connectivity index (χ3v) is 5.20. The molecule has 1 aromatic carbocycles. The number of hydrogen-bond acceptors (Lipinski definition) is 11. The third kappa shape index (κ3) is 17.9. The van der Waals surface area contributed by atoms with Crippen molar-refractivity contribution in [2.24, 2.45) is 0 Å². The van der Waals surface area contributed by atoms with Crippen LogP contribution in [-0.4, -0.2) is 95.7 Å². The molecule has 0 aromatic heterocycles. The second-order valence-corrected chi connectivity index (χ2v) is 8.23. The molecular weight excluding hydrogens is 502 g/mol. The maximum atomic E-state index is 11.1. The summed E-state index contributed by atoms with van der Waals surface area (Å²) in [6.07, 6.45) is 6.18. The molecule has 1 rings (SSSR count). The van der Waals surface area contributed by atoms with Crippen LogP contribution >= 0.6 is 0 Å². The number of ether oxygens (including phenoxy) is 6. The fraction of sp³-hybridized carbons (Fsp3) is 0.760. The van der Waals surface area contributed by atoms with E-state index in [-0.39, 0.29) is 17.1 Å². The van der Waals surface area contributed by atoms with Crippen molar-refractivity contribution < 1.29 is 38.3 Å². The molecule has 0 spiro atoms. The summed E-state index contributed by atoms with van der Waals surface area (Å²) in [5.41, 5.74) is -0.495. The number of non-ortho nitro benzene ring substituents is 1. The van der Waals surface area contributed by atoms with Gasteiger partial charge in [-0.2, -0.15) is 0 Å². The van der Waals surface area contributed by atoms with Crippen LogP contribution in [0, 0.1) is 20.2 Å². The van der Waals surface area contributed by atoms with Crippen LogP contribution in [0.25, 0.3) is 0 Å². The van der Waals surface area contributed by atoms with Gasteiger partial charge in [0.05, 0.1) is 88.6 Å². The molecule has 1 aromatic rings. The topological polar surface area (TPSA) is 154 Å². The van der Waals surface area contributed by atoms with Crippen LogP contribution in [-0.2, 0) is 28.4 Å². The van der Waals surface area contributed by atoms with E-state index < -0.39 is 9.85 Å². The Morgan fingerprint density at radius 3 is 1.58 bits per heavy atom. The van der Waals surface area contributed by atoms with Gasteiger partial charge in [-0.15, -0.1) is 0 Å². The highest BCUT2D eigenvalue weighted by molar-refractivity contribution is 5.65. The van der Waals surface area contributed by atoms with E-state index in [1.807, 2.05) is 0 Å². The minimum absolute atomic E-state index is 0.197. The molecule has 0 bridgehead atoms. The van der Waals surface area contributed by atoms with Crippen LogP contribution in [0.1, 0.15) is 39.0 Å². The average molecular weight is 546 g/mol. The second-order valence-electron chi connectivity index (χ2n) is 8.23. The summed E-state index contributed by atoms with van der Waals surface area (Å²) >= 11 is 0. The van der Waals surface area contributed by atoms with Crippen molar-refractivity contribution in [2.45, 2.75) is 39.0 Å². The van der Waals surface area contributed by atoms with Crippen molar-refractivity contribution >= 4 is 17.1 Å². The van der Waals surface area contributed by atoms with Crippen molar-refractivity contribution in [3.63, 3.8) is 0 Å². The monoisotopic (exact) mass is 545 g/mol. The van der Waals surface area contributed by atoms with Gasteiger partial charge in [0.2, 0.25) is 0 Å². The van der Waals surface area contributed by atoms with Gasteiger partial charge < -0.3 is 33.7 Å². The van der Waals surface area contributed by atoms with Gasteiger partial charge in [-0.05, 0) is 12.5 Å². The first kappa shape index (κ1) is 33.6. The van der Waals surface area contributed by atoms with Gasteiger partial charge >= 0.3 is 0 Å². The smallest absolute Gasteiger partial charge is 0.299 e. The Balaban J connectivity index is 1.83. The highest BCUT2D eigenvalue weighted by atomic mass is 16.6. The molecule has 38 heavy (non-hydrogen) atoms. The predicted octanol–water partition coefficient (Wildman–Crippen LogP) is 3.98. The summed E-state index contributed by atoms with van der Waals surface area (Å²) in [7, 11) is 0. The molecule has 0 radical (unpaired) electrons. The van der Waals surface area contributed by atoms with Crippen molar-refractivity contribution in [2.75, 3.05) is 91.1 Å². The Morgan fingerprint density at radius 2 is 1.11 bits per heavy atom. The zero-order chi connectivity index (χ0) is 27.7. The molecule has 218 valence electrons. The zero-order valence-electron chi connectivity index (χ0n) is 22.4. The number of benzene rings is 1. The van der Waals surface area contributed by atoms with Crippen LogP contribution in [0.5, 0.6) is 0 Å². The Hall–Kier alpha value is -2.42. The maximum Gasteiger partial charge on any atom is 0.299 e. The van der Waals surface area contributed by atoms with Crippen molar-refractivity contribution in [1.29, 1.82) is 0 Å². The first-order chi connectivity index (χ1) is 18.6. The molecule has 13 nitrogen and oxygen atoms in total. The number of nitro groups is 2. The lowest BCUT2D eigenvalue weighted by atomic mass is 10.2. The number of nitro benzene ring substituents is 2. The summed E-state index contributed by atoms with van der Waals surface area (Å²) in [4.78, 5) is 20.5. The van der Waals surface area contributed by atoms with E-state index in [1.54, 1.807) is 0 Å². The van der Waals surface area contributed by atoms with Gasteiger partial charge in [-0.3, -0.25) is 20.2 Å². The summed E-state index contributed by atoms with van der Waals surface area (Å²) in [6, 6.07) is 3.45. The predicted molar refractivity (Wildman–Crippen MR) is 142 cm³/mol. The molecule has 0 unspecified atom stereocenters. The molecule has 0 fully saturated rings. The summed E-state index contributed by atoms with van der Waals surface area (Å²) in [5.74, 6) is 0. The minimum atomic E-state index is -0.675. The Kier molecular flexibility index (Phi) is 20.9. The first-order valence-corrected chi connectivity index (χ1v) is 13.2. The van der Waals surface area contributed by atoms with Crippen molar-refractivity contribution in [3.05, 3.63) is 38.4 Å². The molecule has 1 N–H and O–H groups in total. The van der Waals surface area contributed by atoms with Gasteiger partial charge in [0, 0.05) is 19.2 Å². The fourth-order valence-corrected chi connectivity index (χ4v) is 3.20. The van der Waals surface area contributed by atoms with E-state index in [0.29, 0.717) is 79.2 Å². The Bertz CT molecular complexity index is 754. The molecule has 0 saturated carbocycles. The number of rotatable bonds is 27. The highest BCUT2D eigenvalue weighted by Gasteiger charge is 2.18. The molecule has 0 aliphatic rings. The van der Waals surface area contributed by atoms with Gasteiger partial charge in [0.15, 0.2) is 0 Å². The molecule has 0 amide bonds. The van der Waals surface area contributed by atoms with Crippen molar-refractivity contribution in [3.8, 4) is 0 Å². The van der Waals surface area contributed by atoms with Gasteiger partial charge in [0.1, 0.15) is 5.69 Å². The average Bonchev–Trinajstić information content (AvgIpc) is 2.91. The standard InChI is InChI=1S/C25H43N3O10/c1-2-3-4-5-6-10-33-12-14-35-16-18-37-20-21-38-19-17-36-15-13-34-11-9-26-24-8-7-23(27(29)30)22-25(24)28(31)32/h7-8,22,26H,2-6,9-21H2,1H3. The molecule has 0 saturated heterocycles. The second kappa shape index (κ2) is 23.7. The number of anilines is 1. The summed E-state index contributed by atoms with van der Waals surface area (Å²) < 4.78 is 32.7. The van der Waals surface area contributed by atoms with E-state index in [9.17, 15) is 20.2 Å². The first-order valence-electron chi connectivity index (χ1n) is 13.2. The third-order valence-electron chi connectivity index (χ3n) is 5.20. The van der Waals surface area contributed by atoms with Crippen molar-refractivity contribution in [1.82, 2.24) is 0 Å². The summed E-state index contributed by atoms with van der Waals surface area (Å²) in [6.45, 7) is 8.43. The van der Waals surface area contributed by atoms with E-state index >= 15 is 0 Å². The largest absolute Gasteiger partial charge is 0.379 e. The van der Waals surface area contributed by atoms with Crippen LogP contribution < -0.4 is 5.32 Å². The fourth-order valence-electron chi connectivity index (χ4n) is 3.20. The quantitative estimate of drug-likeness (QED) is 0.0969. The lowest BCUT2D eigenvalue weighted by molar-refractivity contribution is -0.393. The number of nitrogens with one attached hydrogen (secondary N) is 1. The zero-order valence-corrected chi connectivity index (χ0v) is 22.4. The SMILES string of the molecule is CCCCCCCOCCOCCOCCOCCOCCOCCNc1ccc([N+](=O)[O-])cc1[N+](=O)[O-]. The normalized spacial score (nSPS) is 11.1. The Morgan fingerprint density at radius 1 is 0.632 bits per heavy atom. The molecular formula is C25H43N3O10. The van der Waals surface area contributed by atoms with Crippen LogP contribution in [0.15, 0.2) is 18.2 Å². The molecule has 0 aliphatic carbocycles. The lowest BCUT2D eigenvalue weighted by Crippen LogP contribution is -2.15. The molecule has 0 aliphatic heterocycles. The van der Waals surface area contributed by atoms with Crippen LogP contribution in [0.4, 0.5) is 17.1 Å². The van der Waals surface area contributed by atoms with Gasteiger partial charge in [0.25, 0.3) is 11.4 Å². The summed E-state index contributed by atoms with van der Waals surface area (Å²) in [5, 5.41) is 24.7. The molecule has 0 heterocycles. The minimum Gasteiger partial charge on any atom is -0.379 e. The number of hydrogen-bond donors (Lipinski definition) is 1. The van der Waals surface area contributed by atoms with Crippen LogP contribution in [0.3, 0.4) is 0 Å². The lowest BCUT2D eigenvalue weighted by Gasteiger charge is -2.09. The highest BCUT2D eigenvalue weighted by Crippen LogP contribution is 2.28. The maximum absolute atomic E-state index is 11.1. The van der Waals surface area contributed by atoms with E-state index in [0.717, 1.165) is 19.1 Å². The van der Waals surface area contributed by atoms with E-state index in [4.69, 9.17) is 28.4 Å².